The Morgan fingerprint density at radius 2 is 1.63 bits per heavy atom. The number of halogens is 1. The topological polar surface area (TPSA) is 93.1 Å². The maximum atomic E-state index is 13.0. The molecule has 1 amide bonds. The van der Waals surface area contributed by atoms with Gasteiger partial charge in [0, 0.05) is 36.6 Å². The highest BCUT2D eigenvalue weighted by Gasteiger charge is 2.36. The summed E-state index contributed by atoms with van der Waals surface area (Å²) in [6.07, 6.45) is -0.0994. The molecule has 3 aromatic rings. The molecule has 1 unspecified atom stereocenters. The van der Waals surface area contributed by atoms with E-state index in [1.54, 1.807) is 47.4 Å². The van der Waals surface area contributed by atoms with E-state index in [2.05, 4.69) is 0 Å². The van der Waals surface area contributed by atoms with Crippen molar-refractivity contribution in [2.75, 3.05) is 11.4 Å². The lowest BCUT2D eigenvalue weighted by Gasteiger charge is -2.18. The largest absolute Gasteiger partial charge is 0.481 e. The van der Waals surface area contributed by atoms with E-state index in [1.165, 1.54) is 24.3 Å². The molecular formula is C27H22FNO6. The first-order valence-corrected chi connectivity index (χ1v) is 11.3. The number of hydrogen-bond donors (Lipinski definition) is 1. The van der Waals surface area contributed by atoms with Crippen molar-refractivity contribution in [3.8, 4) is 17.2 Å². The van der Waals surface area contributed by atoms with Crippen LogP contribution >= 0.6 is 0 Å². The zero-order chi connectivity index (χ0) is 24.5. The van der Waals surface area contributed by atoms with Gasteiger partial charge in [0.1, 0.15) is 23.1 Å². The quantitative estimate of drug-likeness (QED) is 0.520. The number of carboxylic acids is 1. The number of carboxylic acid groups (broad SMARTS) is 1. The zero-order valence-electron chi connectivity index (χ0n) is 18.6. The lowest BCUT2D eigenvalue weighted by molar-refractivity contribution is -0.137. The summed E-state index contributed by atoms with van der Waals surface area (Å²) >= 11 is 0. The molecule has 5 rings (SSSR count). The van der Waals surface area contributed by atoms with Crippen molar-refractivity contribution in [3.63, 3.8) is 0 Å². The lowest BCUT2D eigenvalue weighted by atomic mass is 9.97. The molecule has 2 atom stereocenters. The van der Waals surface area contributed by atoms with Gasteiger partial charge in [-0.15, -0.1) is 0 Å². The first-order valence-electron chi connectivity index (χ1n) is 11.3. The van der Waals surface area contributed by atoms with E-state index >= 15 is 0 Å². The van der Waals surface area contributed by atoms with E-state index in [0.29, 0.717) is 41.5 Å². The van der Waals surface area contributed by atoms with Crippen LogP contribution in [0.1, 0.15) is 41.1 Å². The fraction of sp³-hybridized carbons (Fsp3) is 0.222. The fourth-order valence-corrected chi connectivity index (χ4v) is 4.56. The van der Waals surface area contributed by atoms with Crippen molar-refractivity contribution < 1.29 is 33.4 Å². The van der Waals surface area contributed by atoms with E-state index in [0.717, 1.165) is 5.56 Å². The SMILES string of the molecule is O=C(O)CC1CC(=O)c2cc(N3CC[C@@H](Oc4ccc(Oc5ccc(F)cc5)cc4)C3=O)ccc21. The fourth-order valence-electron chi connectivity index (χ4n) is 4.56. The van der Waals surface area contributed by atoms with Crippen LogP contribution in [-0.2, 0) is 9.59 Å². The summed E-state index contributed by atoms with van der Waals surface area (Å²) in [5.74, 6) is -0.354. The number of carbonyl (C=O) groups is 3. The molecule has 0 radical (unpaired) electrons. The number of anilines is 1. The molecule has 8 heteroatoms. The first-order chi connectivity index (χ1) is 16.9. The molecule has 0 bridgehead atoms. The van der Waals surface area contributed by atoms with Crippen LogP contribution in [0.5, 0.6) is 17.2 Å². The number of Topliss-reactive ketones (excluding diaryl/α,β-unsaturated/α-hetero) is 1. The van der Waals surface area contributed by atoms with Gasteiger partial charge >= 0.3 is 5.97 Å². The average molecular weight is 475 g/mol. The lowest BCUT2D eigenvalue weighted by Crippen LogP contribution is -2.32. The second-order valence-electron chi connectivity index (χ2n) is 8.61. The molecule has 1 aliphatic carbocycles. The van der Waals surface area contributed by atoms with Gasteiger partial charge in [-0.05, 0) is 66.2 Å². The Kier molecular flexibility index (Phi) is 5.94. The Bertz CT molecular complexity index is 1290. The van der Waals surface area contributed by atoms with Gasteiger partial charge in [0.25, 0.3) is 5.91 Å². The monoisotopic (exact) mass is 475 g/mol. The highest BCUT2D eigenvalue weighted by molar-refractivity contribution is 6.04. The van der Waals surface area contributed by atoms with Crippen molar-refractivity contribution >= 4 is 23.3 Å². The van der Waals surface area contributed by atoms with E-state index in [9.17, 15) is 18.8 Å². The average Bonchev–Trinajstić information content (AvgIpc) is 3.35. The zero-order valence-corrected chi connectivity index (χ0v) is 18.6. The molecule has 1 heterocycles. The Balaban J connectivity index is 1.24. The number of rotatable bonds is 7. The van der Waals surface area contributed by atoms with Crippen LogP contribution in [0.2, 0.25) is 0 Å². The molecule has 0 aromatic heterocycles. The maximum absolute atomic E-state index is 13.0. The minimum absolute atomic E-state index is 0.0929. The number of ketones is 1. The van der Waals surface area contributed by atoms with Crippen LogP contribution in [-0.4, -0.2) is 35.4 Å². The van der Waals surface area contributed by atoms with Crippen molar-refractivity contribution in [1.82, 2.24) is 0 Å². The second-order valence-corrected chi connectivity index (χ2v) is 8.61. The molecule has 1 saturated heterocycles. The molecule has 1 fully saturated rings. The second kappa shape index (κ2) is 9.21. The molecule has 1 N–H and O–H groups in total. The van der Waals surface area contributed by atoms with Crippen LogP contribution in [0, 0.1) is 5.82 Å². The normalized spacial score (nSPS) is 19.1. The number of nitrogens with zero attached hydrogens (tertiary/aromatic N) is 1. The van der Waals surface area contributed by atoms with E-state index in [1.807, 2.05) is 0 Å². The van der Waals surface area contributed by atoms with Crippen LogP contribution < -0.4 is 14.4 Å². The third-order valence-corrected chi connectivity index (χ3v) is 6.25. The summed E-state index contributed by atoms with van der Waals surface area (Å²) in [6.45, 7) is 0.445. The van der Waals surface area contributed by atoms with Gasteiger partial charge in [-0.3, -0.25) is 14.4 Å². The van der Waals surface area contributed by atoms with Crippen LogP contribution in [0.4, 0.5) is 10.1 Å². The molecule has 178 valence electrons. The number of amides is 1. The molecular weight excluding hydrogens is 453 g/mol. The summed E-state index contributed by atoms with van der Waals surface area (Å²) in [6, 6.07) is 17.7. The molecule has 0 spiro atoms. The highest BCUT2D eigenvalue weighted by Crippen LogP contribution is 2.38. The van der Waals surface area contributed by atoms with E-state index < -0.39 is 12.1 Å². The molecule has 2 aliphatic rings. The van der Waals surface area contributed by atoms with E-state index in [-0.39, 0.29) is 36.3 Å². The number of aliphatic carboxylic acids is 1. The molecule has 35 heavy (non-hydrogen) atoms. The predicted molar refractivity (Wildman–Crippen MR) is 125 cm³/mol. The standard InChI is InChI=1S/C27H22FNO6/c28-17-1-4-19(5-2-17)34-20-6-8-21(9-7-20)35-25-11-12-29(27(25)33)18-3-10-22-16(14-26(31)32)13-24(30)23(22)15-18/h1-10,15-16,25H,11-14H2,(H,31,32)/t16?,25-/m1/s1. The Morgan fingerprint density at radius 3 is 2.31 bits per heavy atom. The van der Waals surface area contributed by atoms with Crippen molar-refractivity contribution in [1.29, 1.82) is 0 Å². The Labute approximate surface area is 200 Å². The number of carbonyl (C=O) groups excluding carboxylic acids is 2. The highest BCUT2D eigenvalue weighted by atomic mass is 19.1. The molecule has 3 aromatic carbocycles. The van der Waals surface area contributed by atoms with Gasteiger partial charge < -0.3 is 19.5 Å². The Morgan fingerprint density at radius 1 is 0.971 bits per heavy atom. The molecule has 0 saturated carbocycles. The maximum Gasteiger partial charge on any atom is 0.303 e. The molecule has 1 aliphatic heterocycles. The summed E-state index contributed by atoms with van der Waals surface area (Å²) in [5, 5.41) is 9.09. The third kappa shape index (κ3) is 4.73. The first kappa shape index (κ1) is 22.6. The minimum Gasteiger partial charge on any atom is -0.481 e. The number of ether oxygens (including phenoxy) is 2. The summed E-state index contributed by atoms with van der Waals surface area (Å²) in [5.41, 5.74) is 1.82. The predicted octanol–water partition coefficient (Wildman–Crippen LogP) is 4.95. The third-order valence-electron chi connectivity index (χ3n) is 6.25. The van der Waals surface area contributed by atoms with Gasteiger partial charge in [0.2, 0.25) is 0 Å². The summed E-state index contributed by atoms with van der Waals surface area (Å²) < 4.78 is 24.6. The van der Waals surface area contributed by atoms with Gasteiger partial charge in [-0.1, -0.05) is 6.07 Å². The van der Waals surface area contributed by atoms with Crippen molar-refractivity contribution in [3.05, 3.63) is 83.7 Å². The number of benzene rings is 3. The van der Waals surface area contributed by atoms with Gasteiger partial charge in [-0.25, -0.2) is 4.39 Å². The number of hydrogen-bond acceptors (Lipinski definition) is 5. The van der Waals surface area contributed by atoms with Crippen LogP contribution in [0.25, 0.3) is 0 Å². The van der Waals surface area contributed by atoms with Crippen molar-refractivity contribution in [2.24, 2.45) is 0 Å². The van der Waals surface area contributed by atoms with Gasteiger partial charge in [0.05, 0.1) is 6.42 Å². The number of fused-ring (bicyclic) bond motifs is 1. The van der Waals surface area contributed by atoms with Crippen molar-refractivity contribution in [2.45, 2.75) is 31.3 Å². The van der Waals surface area contributed by atoms with Gasteiger partial charge in [0.15, 0.2) is 11.9 Å². The summed E-state index contributed by atoms with van der Waals surface area (Å²) in [7, 11) is 0. The molecule has 7 nitrogen and oxygen atoms in total. The Hall–Kier alpha value is -4.20. The summed E-state index contributed by atoms with van der Waals surface area (Å²) in [4.78, 5) is 38.1. The van der Waals surface area contributed by atoms with Gasteiger partial charge in [-0.2, -0.15) is 0 Å². The smallest absolute Gasteiger partial charge is 0.303 e. The van der Waals surface area contributed by atoms with E-state index in [4.69, 9.17) is 14.6 Å². The van der Waals surface area contributed by atoms with Crippen LogP contribution in [0.15, 0.2) is 66.7 Å². The van der Waals surface area contributed by atoms with Crippen LogP contribution in [0.3, 0.4) is 0 Å². The minimum atomic E-state index is -0.940.